The third kappa shape index (κ3) is 2.39. The smallest absolute Gasteiger partial charge is 0.335 e. The summed E-state index contributed by atoms with van der Waals surface area (Å²) in [5.74, 6) is -2.28. The number of hydrogen-bond acceptors (Lipinski definition) is 3. The lowest BCUT2D eigenvalue weighted by Crippen LogP contribution is -2.30. The topological polar surface area (TPSA) is 94.8 Å². The maximum absolute atomic E-state index is 11.1. The van der Waals surface area contributed by atoms with E-state index >= 15 is 0 Å². The molecule has 0 saturated heterocycles. The molecule has 1 atom stereocenters. The van der Waals surface area contributed by atoms with Gasteiger partial charge in [0.1, 0.15) is 0 Å². The zero-order valence-corrected chi connectivity index (χ0v) is 9.86. The van der Waals surface area contributed by atoms with Crippen molar-refractivity contribution in [1.29, 1.82) is 0 Å². The molecule has 3 N–H and O–H groups in total. The number of carboxylic acids is 2. The Bertz CT molecular complexity index is 413. The average molecular weight is 240 g/mol. The number of carbonyl (C=O) groups is 2. The Hall–Kier alpha value is -1.62. The summed E-state index contributed by atoms with van der Waals surface area (Å²) in [7, 11) is 0. The van der Waals surface area contributed by atoms with Crippen molar-refractivity contribution in [3.8, 4) is 0 Å². The van der Waals surface area contributed by atoms with Crippen LogP contribution in [0.15, 0.2) is 22.8 Å². The second-order valence-electron chi connectivity index (χ2n) is 4.32. The predicted molar refractivity (Wildman–Crippen MR) is 60.5 cm³/mol. The molecule has 0 heterocycles. The van der Waals surface area contributed by atoms with Gasteiger partial charge in [-0.05, 0) is 25.3 Å². The Balaban J connectivity index is 3.35. The summed E-state index contributed by atoms with van der Waals surface area (Å²) in [6.45, 7) is 3.02. The lowest BCUT2D eigenvalue weighted by Gasteiger charge is -2.32. The van der Waals surface area contributed by atoms with Gasteiger partial charge in [0, 0.05) is 11.0 Å². The molecular formula is C12H16O5. The molecule has 94 valence electrons. The highest BCUT2D eigenvalue weighted by atomic mass is 16.4. The van der Waals surface area contributed by atoms with Crippen LogP contribution in [0, 0.1) is 5.41 Å². The van der Waals surface area contributed by atoms with Gasteiger partial charge in [-0.25, -0.2) is 9.59 Å². The van der Waals surface area contributed by atoms with E-state index in [0.29, 0.717) is 6.42 Å². The van der Waals surface area contributed by atoms with Crippen LogP contribution in [-0.2, 0) is 9.59 Å². The molecule has 0 aromatic heterocycles. The number of aliphatic hydroxyl groups is 1. The van der Waals surface area contributed by atoms with Crippen molar-refractivity contribution in [3.05, 3.63) is 22.8 Å². The van der Waals surface area contributed by atoms with Gasteiger partial charge >= 0.3 is 11.9 Å². The minimum Gasteiger partial charge on any atom is -0.478 e. The Labute approximate surface area is 99.1 Å². The number of rotatable bonds is 4. The summed E-state index contributed by atoms with van der Waals surface area (Å²) in [5.41, 5.74) is -0.464. The molecule has 0 radical (unpaired) electrons. The molecule has 0 aromatic rings. The minimum absolute atomic E-state index is 0.0236. The molecule has 5 heteroatoms. The summed E-state index contributed by atoms with van der Waals surface area (Å²) < 4.78 is 0. The van der Waals surface area contributed by atoms with E-state index in [1.165, 1.54) is 13.0 Å². The van der Waals surface area contributed by atoms with Gasteiger partial charge in [-0.3, -0.25) is 0 Å². The Morgan fingerprint density at radius 3 is 2.29 bits per heavy atom. The fourth-order valence-corrected chi connectivity index (χ4v) is 2.01. The third-order valence-corrected chi connectivity index (χ3v) is 3.34. The first-order valence-corrected chi connectivity index (χ1v) is 5.37. The molecule has 0 aromatic carbocycles. The summed E-state index contributed by atoms with van der Waals surface area (Å²) in [4.78, 5) is 22.2. The van der Waals surface area contributed by atoms with Crippen molar-refractivity contribution in [2.75, 3.05) is 6.61 Å². The minimum atomic E-state index is -1.16. The van der Waals surface area contributed by atoms with Crippen molar-refractivity contribution in [3.63, 3.8) is 0 Å². The van der Waals surface area contributed by atoms with Crippen LogP contribution in [0.1, 0.15) is 26.7 Å². The molecule has 1 aliphatic rings. The molecule has 0 fully saturated rings. The molecule has 1 aliphatic carbocycles. The van der Waals surface area contributed by atoms with Crippen molar-refractivity contribution in [2.45, 2.75) is 26.7 Å². The van der Waals surface area contributed by atoms with Gasteiger partial charge in [0.15, 0.2) is 0 Å². The van der Waals surface area contributed by atoms with E-state index in [-0.39, 0.29) is 29.7 Å². The Kier molecular flexibility index (Phi) is 3.72. The maximum Gasteiger partial charge on any atom is 0.335 e. The van der Waals surface area contributed by atoms with Crippen molar-refractivity contribution in [1.82, 2.24) is 0 Å². The Morgan fingerprint density at radius 1 is 1.35 bits per heavy atom. The van der Waals surface area contributed by atoms with Crippen LogP contribution in [0.5, 0.6) is 0 Å². The van der Waals surface area contributed by atoms with Crippen LogP contribution in [0.2, 0.25) is 0 Å². The Morgan fingerprint density at radius 2 is 1.94 bits per heavy atom. The van der Waals surface area contributed by atoms with Gasteiger partial charge < -0.3 is 15.3 Å². The van der Waals surface area contributed by atoms with Gasteiger partial charge in [0.25, 0.3) is 0 Å². The number of aliphatic hydroxyl groups excluding tert-OH is 1. The fourth-order valence-electron chi connectivity index (χ4n) is 2.01. The molecule has 5 nitrogen and oxygen atoms in total. The van der Waals surface area contributed by atoms with E-state index in [2.05, 4.69) is 0 Å². The van der Waals surface area contributed by atoms with Crippen LogP contribution in [0.25, 0.3) is 0 Å². The lowest BCUT2D eigenvalue weighted by atomic mass is 9.72. The monoisotopic (exact) mass is 240 g/mol. The van der Waals surface area contributed by atoms with E-state index in [1.54, 1.807) is 6.92 Å². The van der Waals surface area contributed by atoms with Gasteiger partial charge in [-0.2, -0.15) is 0 Å². The summed E-state index contributed by atoms with van der Waals surface area (Å²) in [5, 5.41) is 27.5. The quantitative estimate of drug-likeness (QED) is 0.686. The molecule has 0 amide bonds. The largest absolute Gasteiger partial charge is 0.478 e. The molecular weight excluding hydrogens is 224 g/mol. The molecule has 0 bridgehead atoms. The summed E-state index contributed by atoms with van der Waals surface area (Å²) in [6, 6.07) is 0. The number of hydrogen-bond donors (Lipinski definition) is 3. The first-order valence-electron chi connectivity index (χ1n) is 5.37. The maximum atomic E-state index is 11.1. The molecule has 1 unspecified atom stereocenters. The predicted octanol–water partition coefficient (Wildman–Crippen LogP) is 1.19. The van der Waals surface area contributed by atoms with E-state index < -0.39 is 17.4 Å². The third-order valence-electron chi connectivity index (χ3n) is 3.34. The fraction of sp³-hybridized carbons (Fsp3) is 0.500. The highest BCUT2D eigenvalue weighted by molar-refractivity contribution is 5.98. The van der Waals surface area contributed by atoms with Gasteiger partial charge in [0.2, 0.25) is 0 Å². The van der Waals surface area contributed by atoms with Crippen LogP contribution < -0.4 is 0 Å². The highest BCUT2D eigenvalue weighted by Crippen LogP contribution is 2.40. The zero-order chi connectivity index (χ0) is 13.2. The SMILES string of the molecule is CCC1(CO)C=C(C(=O)O)C(C)=C(C(=O)O)C1. The average Bonchev–Trinajstić information content (AvgIpc) is 2.29. The first kappa shape index (κ1) is 13.4. The molecule has 0 aliphatic heterocycles. The van der Waals surface area contributed by atoms with Gasteiger partial charge in [-0.15, -0.1) is 0 Å². The highest BCUT2D eigenvalue weighted by Gasteiger charge is 2.36. The first-order chi connectivity index (χ1) is 7.87. The molecule has 17 heavy (non-hydrogen) atoms. The molecule has 0 spiro atoms. The second kappa shape index (κ2) is 4.71. The van der Waals surface area contributed by atoms with Crippen LogP contribution in [0.3, 0.4) is 0 Å². The molecule has 0 saturated carbocycles. The number of carboxylic acid groups (broad SMARTS) is 2. The second-order valence-corrected chi connectivity index (χ2v) is 4.32. The standard InChI is InChI=1S/C12H16O5/c1-3-12(6-13)4-8(10(14)15)7(2)9(5-12)11(16)17/h4,13H,3,5-6H2,1-2H3,(H,14,15)(H,16,17). The number of aliphatic carboxylic acids is 2. The lowest BCUT2D eigenvalue weighted by molar-refractivity contribution is -0.133. The van der Waals surface area contributed by atoms with Crippen LogP contribution in [0.4, 0.5) is 0 Å². The summed E-state index contributed by atoms with van der Waals surface area (Å²) >= 11 is 0. The van der Waals surface area contributed by atoms with Gasteiger partial charge in [-0.1, -0.05) is 13.0 Å². The van der Waals surface area contributed by atoms with Crippen molar-refractivity contribution >= 4 is 11.9 Å². The van der Waals surface area contributed by atoms with Crippen LogP contribution in [-0.4, -0.2) is 33.9 Å². The van der Waals surface area contributed by atoms with Gasteiger partial charge in [0.05, 0.1) is 12.2 Å². The van der Waals surface area contributed by atoms with Crippen LogP contribution >= 0.6 is 0 Å². The van der Waals surface area contributed by atoms with Crippen molar-refractivity contribution in [2.24, 2.45) is 5.41 Å². The van der Waals surface area contributed by atoms with E-state index in [4.69, 9.17) is 10.2 Å². The molecule has 1 rings (SSSR count). The van der Waals surface area contributed by atoms with E-state index in [9.17, 15) is 14.7 Å². The van der Waals surface area contributed by atoms with E-state index in [0.717, 1.165) is 0 Å². The normalized spacial score (nSPS) is 24.5. The van der Waals surface area contributed by atoms with E-state index in [1.807, 2.05) is 0 Å². The van der Waals surface area contributed by atoms with Crippen molar-refractivity contribution < 1.29 is 24.9 Å². The zero-order valence-electron chi connectivity index (χ0n) is 9.86. The summed E-state index contributed by atoms with van der Waals surface area (Å²) in [6.07, 6.45) is 2.14.